The molecule has 0 bridgehead atoms. The lowest BCUT2D eigenvalue weighted by Crippen LogP contribution is -2.33. The molecule has 124 valence electrons. The first-order valence-corrected chi connectivity index (χ1v) is 8.45. The molecule has 2 N–H and O–H groups in total. The number of esters is 1. The minimum Gasteiger partial charge on any atom is -0.465 e. The summed E-state index contributed by atoms with van der Waals surface area (Å²) in [6, 6.07) is -0.173. The average molecular weight is 326 g/mol. The van der Waals surface area contributed by atoms with Gasteiger partial charge >= 0.3 is 5.97 Å². The highest BCUT2D eigenvalue weighted by molar-refractivity contribution is 7.80. The van der Waals surface area contributed by atoms with E-state index in [1.54, 1.807) is 0 Å². The molecule has 0 aromatic rings. The maximum absolute atomic E-state index is 11.8. The van der Waals surface area contributed by atoms with Gasteiger partial charge in [0.25, 0.3) is 0 Å². The molecule has 1 aliphatic heterocycles. The van der Waals surface area contributed by atoms with E-state index in [1.165, 1.54) is 0 Å². The molecular weight excluding hydrogens is 300 g/mol. The van der Waals surface area contributed by atoms with Crippen LogP contribution in [0.2, 0.25) is 0 Å². The fourth-order valence-corrected chi connectivity index (χ4v) is 3.24. The molecule has 1 atom stereocenters. The summed E-state index contributed by atoms with van der Waals surface area (Å²) in [6.45, 7) is 6.14. The Balaban J connectivity index is 1.69. The third-order valence-electron chi connectivity index (χ3n) is 4.46. The number of amides is 1. The number of nitrogens with one attached hydrogen (secondary N) is 2. The third-order valence-corrected chi connectivity index (χ3v) is 4.68. The summed E-state index contributed by atoms with van der Waals surface area (Å²) in [5.74, 6) is 0.855. The standard InChI is InChI=1S/C16H26N2O3S/c1-16(2,3)14(20)21-9-11-6-4-10(5-7-11)8-12-13(19)18-15(22)17-12/h10-12H,4-9H2,1-3H3,(H2,17,18,19,22)/t10?,11?,12-/m1/s1. The van der Waals surface area contributed by atoms with Gasteiger partial charge in [0.2, 0.25) is 5.91 Å². The molecule has 1 aliphatic carbocycles. The van der Waals surface area contributed by atoms with Gasteiger partial charge in [-0.15, -0.1) is 0 Å². The molecule has 1 amide bonds. The van der Waals surface area contributed by atoms with E-state index in [-0.39, 0.29) is 17.9 Å². The zero-order valence-electron chi connectivity index (χ0n) is 13.6. The molecular formula is C16H26N2O3S. The van der Waals surface area contributed by atoms with Crippen molar-refractivity contribution in [1.29, 1.82) is 0 Å². The highest BCUT2D eigenvalue weighted by atomic mass is 32.1. The predicted molar refractivity (Wildman–Crippen MR) is 88.1 cm³/mol. The minimum atomic E-state index is -0.433. The van der Waals surface area contributed by atoms with Crippen LogP contribution in [0, 0.1) is 17.3 Å². The second kappa shape index (κ2) is 6.94. The highest BCUT2D eigenvalue weighted by Gasteiger charge is 2.32. The van der Waals surface area contributed by atoms with Gasteiger partial charge < -0.3 is 15.4 Å². The fraction of sp³-hybridized carbons (Fsp3) is 0.812. The Morgan fingerprint density at radius 3 is 2.32 bits per heavy atom. The Morgan fingerprint density at radius 1 is 1.23 bits per heavy atom. The van der Waals surface area contributed by atoms with Crippen LogP contribution in [-0.2, 0) is 14.3 Å². The number of hydrogen-bond donors (Lipinski definition) is 2. The van der Waals surface area contributed by atoms with Crippen molar-refractivity contribution in [3.8, 4) is 0 Å². The van der Waals surface area contributed by atoms with Crippen LogP contribution >= 0.6 is 12.2 Å². The first-order valence-electron chi connectivity index (χ1n) is 8.04. The van der Waals surface area contributed by atoms with Crippen LogP contribution in [0.3, 0.4) is 0 Å². The van der Waals surface area contributed by atoms with Gasteiger partial charge in [-0.25, -0.2) is 0 Å². The van der Waals surface area contributed by atoms with Crippen molar-refractivity contribution in [3.05, 3.63) is 0 Å². The van der Waals surface area contributed by atoms with E-state index in [1.807, 2.05) is 20.8 Å². The summed E-state index contributed by atoms with van der Waals surface area (Å²) in [4.78, 5) is 23.5. The maximum Gasteiger partial charge on any atom is 0.311 e. The SMILES string of the molecule is CC(C)(C)C(=O)OCC1CCC(C[C@H]2NC(=S)NC2=O)CC1. The molecule has 2 fully saturated rings. The Hall–Kier alpha value is -1.17. The largest absolute Gasteiger partial charge is 0.465 e. The van der Waals surface area contributed by atoms with Crippen molar-refractivity contribution in [2.75, 3.05) is 6.61 Å². The van der Waals surface area contributed by atoms with Gasteiger partial charge in [-0.1, -0.05) is 0 Å². The number of thiocarbonyl (C=S) groups is 1. The zero-order chi connectivity index (χ0) is 16.3. The van der Waals surface area contributed by atoms with Crippen molar-refractivity contribution in [3.63, 3.8) is 0 Å². The van der Waals surface area contributed by atoms with Crippen LogP contribution in [0.15, 0.2) is 0 Å². The van der Waals surface area contributed by atoms with Crippen LogP contribution in [0.5, 0.6) is 0 Å². The number of ether oxygens (including phenoxy) is 1. The summed E-state index contributed by atoms with van der Waals surface area (Å²) in [5, 5.41) is 6.10. The van der Waals surface area contributed by atoms with E-state index in [4.69, 9.17) is 17.0 Å². The molecule has 0 unspecified atom stereocenters. The molecule has 1 saturated carbocycles. The molecule has 0 radical (unpaired) electrons. The number of carbonyl (C=O) groups excluding carboxylic acids is 2. The molecule has 5 nitrogen and oxygen atoms in total. The van der Waals surface area contributed by atoms with Gasteiger partial charge in [0.05, 0.1) is 12.0 Å². The first kappa shape index (κ1) is 17.2. The highest BCUT2D eigenvalue weighted by Crippen LogP contribution is 2.32. The van der Waals surface area contributed by atoms with E-state index in [0.29, 0.717) is 23.6 Å². The lowest BCUT2D eigenvalue weighted by atomic mass is 9.79. The molecule has 0 spiro atoms. The van der Waals surface area contributed by atoms with E-state index >= 15 is 0 Å². The lowest BCUT2D eigenvalue weighted by Gasteiger charge is -2.29. The molecule has 0 aromatic heterocycles. The van der Waals surface area contributed by atoms with E-state index < -0.39 is 5.41 Å². The summed E-state index contributed by atoms with van der Waals surface area (Å²) >= 11 is 4.96. The van der Waals surface area contributed by atoms with Gasteiger partial charge in [-0.05, 0) is 76.9 Å². The molecule has 2 aliphatic rings. The van der Waals surface area contributed by atoms with E-state index in [0.717, 1.165) is 32.1 Å². The van der Waals surface area contributed by atoms with E-state index in [9.17, 15) is 9.59 Å². The van der Waals surface area contributed by atoms with Gasteiger partial charge in [-0.3, -0.25) is 9.59 Å². The number of hydrogen-bond acceptors (Lipinski definition) is 4. The smallest absolute Gasteiger partial charge is 0.311 e. The molecule has 1 saturated heterocycles. The summed E-state index contributed by atoms with van der Waals surface area (Å²) in [5.41, 5.74) is -0.433. The Labute approximate surface area is 137 Å². The second-order valence-corrected chi connectivity index (χ2v) is 7.89. The van der Waals surface area contributed by atoms with Crippen LogP contribution in [-0.4, -0.2) is 29.6 Å². The van der Waals surface area contributed by atoms with Crippen molar-refractivity contribution in [2.24, 2.45) is 17.3 Å². The van der Waals surface area contributed by atoms with Crippen molar-refractivity contribution in [1.82, 2.24) is 10.6 Å². The fourth-order valence-electron chi connectivity index (χ4n) is 3.00. The van der Waals surface area contributed by atoms with Crippen LogP contribution in [0.25, 0.3) is 0 Å². The lowest BCUT2D eigenvalue weighted by molar-refractivity contribution is -0.154. The topological polar surface area (TPSA) is 67.4 Å². The molecule has 1 heterocycles. The monoisotopic (exact) mass is 326 g/mol. The Bertz CT molecular complexity index is 451. The average Bonchev–Trinajstić information content (AvgIpc) is 2.74. The van der Waals surface area contributed by atoms with Crippen LogP contribution < -0.4 is 10.6 Å². The number of carbonyl (C=O) groups is 2. The van der Waals surface area contributed by atoms with Crippen molar-refractivity contribution >= 4 is 29.2 Å². The van der Waals surface area contributed by atoms with Gasteiger partial charge in [0.15, 0.2) is 5.11 Å². The molecule has 0 aromatic carbocycles. The normalized spacial score (nSPS) is 29.0. The maximum atomic E-state index is 11.8. The van der Waals surface area contributed by atoms with Crippen molar-refractivity contribution in [2.45, 2.75) is 58.9 Å². The van der Waals surface area contributed by atoms with Crippen molar-refractivity contribution < 1.29 is 14.3 Å². The Morgan fingerprint density at radius 2 is 1.82 bits per heavy atom. The molecule has 2 rings (SSSR count). The Kier molecular flexibility index (Phi) is 5.42. The first-order chi connectivity index (χ1) is 10.3. The van der Waals surface area contributed by atoms with Gasteiger partial charge in [-0.2, -0.15) is 0 Å². The third kappa shape index (κ3) is 4.66. The summed E-state index contributed by atoms with van der Waals surface area (Å²) in [7, 11) is 0. The molecule has 22 heavy (non-hydrogen) atoms. The van der Waals surface area contributed by atoms with Crippen LogP contribution in [0.1, 0.15) is 52.9 Å². The van der Waals surface area contributed by atoms with E-state index in [2.05, 4.69) is 10.6 Å². The minimum absolute atomic E-state index is 0.00812. The number of rotatable bonds is 4. The summed E-state index contributed by atoms with van der Waals surface area (Å²) < 4.78 is 5.41. The predicted octanol–water partition coefficient (Wildman–Crippen LogP) is 2.15. The van der Waals surface area contributed by atoms with Gasteiger partial charge in [0.1, 0.15) is 6.04 Å². The van der Waals surface area contributed by atoms with Crippen LogP contribution in [0.4, 0.5) is 0 Å². The van der Waals surface area contributed by atoms with Gasteiger partial charge in [0, 0.05) is 0 Å². The second-order valence-electron chi connectivity index (χ2n) is 7.49. The summed E-state index contributed by atoms with van der Waals surface area (Å²) in [6.07, 6.45) is 5.11. The molecule has 6 heteroatoms. The quantitative estimate of drug-likeness (QED) is 0.612. The zero-order valence-corrected chi connectivity index (χ0v) is 14.4.